The van der Waals surface area contributed by atoms with E-state index in [1.54, 1.807) is 0 Å². The first kappa shape index (κ1) is 23.2. The Kier molecular flexibility index (Phi) is 15.1. The number of nitrogens with two attached hydrogens (primary N) is 1. The SMILES string of the molecule is CCCCCCCC/C=C\CCCCCC[C@@](C)(CCO)C(N)=O. The summed E-state index contributed by atoms with van der Waals surface area (Å²) in [6.45, 7) is 4.16. The van der Waals surface area contributed by atoms with Crippen molar-refractivity contribution >= 4 is 5.91 Å². The lowest BCUT2D eigenvalue weighted by Crippen LogP contribution is -2.35. The second kappa shape index (κ2) is 15.7. The first-order chi connectivity index (χ1) is 11.6. The minimum atomic E-state index is -0.536. The number of amides is 1. The number of primary amides is 1. The minimum absolute atomic E-state index is 0.0306. The molecule has 0 aliphatic rings. The predicted molar refractivity (Wildman–Crippen MR) is 104 cm³/mol. The highest BCUT2D eigenvalue weighted by Gasteiger charge is 2.29. The summed E-state index contributed by atoms with van der Waals surface area (Å²) in [7, 11) is 0. The zero-order chi connectivity index (χ0) is 18.1. The fourth-order valence-corrected chi connectivity index (χ4v) is 3.03. The largest absolute Gasteiger partial charge is 0.396 e. The molecule has 0 bridgehead atoms. The molecule has 0 rings (SSSR count). The maximum Gasteiger partial charge on any atom is 0.223 e. The van der Waals surface area contributed by atoms with E-state index in [2.05, 4.69) is 19.1 Å². The molecule has 3 heteroatoms. The second-order valence-corrected chi connectivity index (χ2v) is 7.38. The van der Waals surface area contributed by atoms with Gasteiger partial charge in [0.2, 0.25) is 5.91 Å². The van der Waals surface area contributed by atoms with E-state index >= 15 is 0 Å². The normalized spacial score (nSPS) is 14.1. The Bertz CT molecular complexity index is 328. The predicted octanol–water partition coefficient (Wildman–Crippen LogP) is 5.51. The number of allylic oxidation sites excluding steroid dienone is 2. The van der Waals surface area contributed by atoms with Crippen molar-refractivity contribution in [3.05, 3.63) is 12.2 Å². The van der Waals surface area contributed by atoms with Crippen molar-refractivity contribution in [3.8, 4) is 0 Å². The standard InChI is InChI=1S/C21H41NO2/c1-3-4-5-6-7-8-9-10-11-12-13-14-15-16-17-21(2,18-19-23)20(22)24/h10-11,23H,3-9,12-19H2,1-2H3,(H2,22,24)/b11-10-/t21-/m0/s1. The highest BCUT2D eigenvalue weighted by Crippen LogP contribution is 2.28. The number of hydrogen-bond donors (Lipinski definition) is 2. The Morgan fingerprint density at radius 2 is 1.38 bits per heavy atom. The van der Waals surface area contributed by atoms with Gasteiger partial charge in [0.15, 0.2) is 0 Å². The van der Waals surface area contributed by atoms with Crippen molar-refractivity contribution in [2.45, 2.75) is 104 Å². The smallest absolute Gasteiger partial charge is 0.223 e. The van der Waals surface area contributed by atoms with Crippen molar-refractivity contribution < 1.29 is 9.90 Å². The van der Waals surface area contributed by atoms with Crippen LogP contribution >= 0.6 is 0 Å². The van der Waals surface area contributed by atoms with Crippen LogP contribution in [0.3, 0.4) is 0 Å². The molecular weight excluding hydrogens is 298 g/mol. The number of carbonyl (C=O) groups excluding carboxylic acids is 1. The van der Waals surface area contributed by atoms with E-state index in [-0.39, 0.29) is 12.5 Å². The molecule has 0 fully saturated rings. The van der Waals surface area contributed by atoms with Gasteiger partial charge in [-0.05, 0) is 38.5 Å². The zero-order valence-electron chi connectivity index (χ0n) is 16.2. The molecule has 3 N–H and O–H groups in total. The van der Waals surface area contributed by atoms with Gasteiger partial charge in [0.05, 0.1) is 0 Å². The lowest BCUT2D eigenvalue weighted by atomic mass is 9.81. The summed E-state index contributed by atoms with van der Waals surface area (Å²) in [5, 5.41) is 9.05. The highest BCUT2D eigenvalue weighted by molar-refractivity contribution is 5.80. The van der Waals surface area contributed by atoms with Gasteiger partial charge in [0.25, 0.3) is 0 Å². The van der Waals surface area contributed by atoms with Crippen LogP contribution < -0.4 is 5.73 Å². The van der Waals surface area contributed by atoms with E-state index in [0.717, 1.165) is 19.3 Å². The summed E-state index contributed by atoms with van der Waals surface area (Å²) in [5.74, 6) is -0.283. The van der Waals surface area contributed by atoms with E-state index in [4.69, 9.17) is 10.8 Å². The molecule has 1 atom stereocenters. The third-order valence-electron chi connectivity index (χ3n) is 5.00. The summed E-state index contributed by atoms with van der Waals surface area (Å²) in [6, 6.07) is 0. The average Bonchev–Trinajstić information content (AvgIpc) is 2.55. The Hall–Kier alpha value is -0.830. The third-order valence-corrected chi connectivity index (χ3v) is 5.00. The van der Waals surface area contributed by atoms with Gasteiger partial charge in [-0.15, -0.1) is 0 Å². The summed E-state index contributed by atoms with van der Waals surface area (Å²) in [4.78, 5) is 11.5. The van der Waals surface area contributed by atoms with Crippen molar-refractivity contribution in [2.75, 3.05) is 6.61 Å². The second-order valence-electron chi connectivity index (χ2n) is 7.38. The summed E-state index contributed by atoms with van der Waals surface area (Å²) in [6.07, 6.45) is 21.1. The van der Waals surface area contributed by atoms with Crippen LogP contribution in [0.15, 0.2) is 12.2 Å². The molecule has 0 heterocycles. The number of carbonyl (C=O) groups is 1. The molecule has 142 valence electrons. The lowest BCUT2D eigenvalue weighted by Gasteiger charge is -2.24. The number of hydrogen-bond acceptors (Lipinski definition) is 2. The molecule has 0 aromatic rings. The fraction of sp³-hybridized carbons (Fsp3) is 0.857. The van der Waals surface area contributed by atoms with Crippen LogP contribution in [-0.4, -0.2) is 17.6 Å². The number of aliphatic hydroxyl groups is 1. The van der Waals surface area contributed by atoms with Crippen molar-refractivity contribution in [1.82, 2.24) is 0 Å². The summed E-state index contributed by atoms with van der Waals surface area (Å²) in [5.41, 5.74) is 4.92. The van der Waals surface area contributed by atoms with Gasteiger partial charge in [-0.1, -0.05) is 77.4 Å². The molecule has 24 heavy (non-hydrogen) atoms. The first-order valence-corrected chi connectivity index (χ1v) is 10.1. The molecule has 0 radical (unpaired) electrons. The van der Waals surface area contributed by atoms with Gasteiger partial charge in [-0.25, -0.2) is 0 Å². The van der Waals surface area contributed by atoms with E-state index < -0.39 is 5.41 Å². The van der Waals surface area contributed by atoms with Crippen LogP contribution in [0.4, 0.5) is 0 Å². The fourth-order valence-electron chi connectivity index (χ4n) is 3.03. The Morgan fingerprint density at radius 3 is 1.88 bits per heavy atom. The van der Waals surface area contributed by atoms with Crippen LogP contribution in [0, 0.1) is 5.41 Å². The number of aliphatic hydroxyl groups excluding tert-OH is 1. The molecule has 0 aromatic heterocycles. The van der Waals surface area contributed by atoms with Crippen LogP contribution in [0.5, 0.6) is 0 Å². The minimum Gasteiger partial charge on any atom is -0.396 e. The van der Waals surface area contributed by atoms with E-state index in [9.17, 15) is 4.79 Å². The van der Waals surface area contributed by atoms with Gasteiger partial charge in [-0.3, -0.25) is 4.79 Å². The van der Waals surface area contributed by atoms with Crippen molar-refractivity contribution in [2.24, 2.45) is 11.1 Å². The zero-order valence-corrected chi connectivity index (χ0v) is 16.2. The molecule has 0 spiro atoms. The first-order valence-electron chi connectivity index (χ1n) is 10.1. The quantitative estimate of drug-likeness (QED) is 0.271. The van der Waals surface area contributed by atoms with Crippen molar-refractivity contribution in [1.29, 1.82) is 0 Å². The van der Waals surface area contributed by atoms with Gasteiger partial charge >= 0.3 is 0 Å². The summed E-state index contributed by atoms with van der Waals surface area (Å²) >= 11 is 0. The number of unbranched alkanes of at least 4 members (excludes halogenated alkanes) is 10. The molecule has 3 nitrogen and oxygen atoms in total. The summed E-state index contributed by atoms with van der Waals surface area (Å²) < 4.78 is 0. The molecular formula is C21H41NO2. The molecule has 1 amide bonds. The van der Waals surface area contributed by atoms with E-state index in [1.807, 2.05) is 6.92 Å². The van der Waals surface area contributed by atoms with E-state index in [0.29, 0.717) is 6.42 Å². The molecule has 0 unspecified atom stereocenters. The third kappa shape index (κ3) is 12.6. The van der Waals surface area contributed by atoms with Crippen LogP contribution in [0.2, 0.25) is 0 Å². The molecule has 0 saturated heterocycles. The molecule has 0 aliphatic carbocycles. The molecule has 0 aromatic carbocycles. The van der Waals surface area contributed by atoms with E-state index in [1.165, 1.54) is 64.2 Å². The van der Waals surface area contributed by atoms with Gasteiger partial charge in [0.1, 0.15) is 0 Å². The lowest BCUT2D eigenvalue weighted by molar-refractivity contribution is -0.128. The Labute approximate surface area is 150 Å². The van der Waals surface area contributed by atoms with Crippen LogP contribution in [0.1, 0.15) is 104 Å². The maximum atomic E-state index is 11.5. The van der Waals surface area contributed by atoms with Crippen LogP contribution in [0.25, 0.3) is 0 Å². The van der Waals surface area contributed by atoms with Gasteiger partial charge < -0.3 is 10.8 Å². The Balaban J connectivity index is 3.47. The topological polar surface area (TPSA) is 63.3 Å². The monoisotopic (exact) mass is 339 g/mol. The van der Waals surface area contributed by atoms with Gasteiger partial charge in [0, 0.05) is 12.0 Å². The van der Waals surface area contributed by atoms with Crippen molar-refractivity contribution in [3.63, 3.8) is 0 Å². The van der Waals surface area contributed by atoms with Gasteiger partial charge in [-0.2, -0.15) is 0 Å². The Morgan fingerprint density at radius 1 is 0.875 bits per heavy atom. The molecule has 0 saturated carbocycles. The maximum absolute atomic E-state index is 11.5. The van der Waals surface area contributed by atoms with Crippen LogP contribution in [-0.2, 0) is 4.79 Å². The highest BCUT2D eigenvalue weighted by atomic mass is 16.3. The number of rotatable bonds is 17. The molecule has 0 aliphatic heterocycles. The average molecular weight is 340 g/mol.